The number of aryl methyl sites for hydroxylation is 1. The summed E-state index contributed by atoms with van der Waals surface area (Å²) in [5.41, 5.74) is 1.37. The van der Waals surface area contributed by atoms with Gasteiger partial charge in [0.1, 0.15) is 18.1 Å². The topological polar surface area (TPSA) is 99.5 Å². The summed E-state index contributed by atoms with van der Waals surface area (Å²) in [4.78, 5) is 41.7. The highest BCUT2D eigenvalue weighted by Crippen LogP contribution is 2.21. The molecule has 3 aromatic rings. The molecule has 8 heteroatoms. The van der Waals surface area contributed by atoms with Crippen LogP contribution in [0.2, 0.25) is 0 Å². The van der Waals surface area contributed by atoms with E-state index in [2.05, 4.69) is 10.3 Å². The van der Waals surface area contributed by atoms with E-state index in [0.29, 0.717) is 28.5 Å². The molecule has 0 saturated heterocycles. The highest BCUT2D eigenvalue weighted by molar-refractivity contribution is 6.01. The van der Waals surface area contributed by atoms with Crippen molar-refractivity contribution >= 4 is 17.6 Å². The van der Waals surface area contributed by atoms with E-state index < -0.39 is 11.9 Å². The van der Waals surface area contributed by atoms with Gasteiger partial charge in [0.05, 0.1) is 25.5 Å². The van der Waals surface area contributed by atoms with E-state index in [9.17, 15) is 14.4 Å². The lowest BCUT2D eigenvalue weighted by Gasteiger charge is -2.14. The number of benzene rings is 2. The molecule has 1 amide bonds. The summed E-state index contributed by atoms with van der Waals surface area (Å²) in [6, 6.07) is 14.9. The van der Waals surface area contributed by atoms with Crippen molar-refractivity contribution in [1.82, 2.24) is 9.55 Å². The van der Waals surface area contributed by atoms with Crippen molar-refractivity contribution < 1.29 is 19.1 Å². The van der Waals surface area contributed by atoms with Gasteiger partial charge in [-0.25, -0.2) is 9.78 Å². The van der Waals surface area contributed by atoms with E-state index in [1.165, 1.54) is 17.7 Å². The zero-order valence-electron chi connectivity index (χ0n) is 16.8. The highest BCUT2D eigenvalue weighted by atomic mass is 16.5. The van der Waals surface area contributed by atoms with Gasteiger partial charge in [-0.15, -0.1) is 0 Å². The Balaban J connectivity index is 1.92. The van der Waals surface area contributed by atoms with Gasteiger partial charge in [-0.3, -0.25) is 14.2 Å². The Kier molecular flexibility index (Phi) is 6.26. The van der Waals surface area contributed by atoms with Crippen LogP contribution < -0.4 is 15.6 Å². The predicted molar refractivity (Wildman–Crippen MR) is 112 cm³/mol. The average molecular weight is 407 g/mol. The fraction of sp³-hybridized carbons (Fsp3) is 0.182. The first-order valence-corrected chi connectivity index (χ1v) is 9.13. The molecule has 0 spiro atoms. The second-order valence-corrected chi connectivity index (χ2v) is 6.46. The number of para-hydroxylation sites is 1. The van der Waals surface area contributed by atoms with Crippen LogP contribution in [0.1, 0.15) is 16.1 Å². The summed E-state index contributed by atoms with van der Waals surface area (Å²) < 4.78 is 11.2. The second kappa shape index (κ2) is 9.04. The summed E-state index contributed by atoms with van der Waals surface area (Å²) in [5, 5.41) is 2.67. The van der Waals surface area contributed by atoms with Crippen molar-refractivity contribution in [3.63, 3.8) is 0 Å². The Bertz CT molecular complexity index is 1140. The molecule has 0 saturated carbocycles. The summed E-state index contributed by atoms with van der Waals surface area (Å²) in [7, 11) is 2.83. The first kappa shape index (κ1) is 20.8. The number of methoxy groups -OCH3 is 2. The van der Waals surface area contributed by atoms with Gasteiger partial charge in [-0.1, -0.05) is 12.1 Å². The molecular formula is C22H21N3O5. The van der Waals surface area contributed by atoms with Crippen LogP contribution in [0.3, 0.4) is 0 Å². The van der Waals surface area contributed by atoms with E-state index in [1.807, 2.05) is 0 Å². The van der Waals surface area contributed by atoms with Crippen molar-refractivity contribution in [2.45, 2.75) is 13.5 Å². The van der Waals surface area contributed by atoms with Crippen LogP contribution in [0.5, 0.6) is 5.75 Å². The first-order chi connectivity index (χ1) is 14.4. The Labute approximate surface area is 173 Å². The smallest absolute Gasteiger partial charge is 0.339 e. The maximum absolute atomic E-state index is 12.7. The number of amides is 1. The van der Waals surface area contributed by atoms with Crippen molar-refractivity contribution in [1.29, 1.82) is 0 Å². The molecule has 0 bridgehead atoms. The number of nitrogens with zero attached hydrogens (tertiary/aromatic N) is 2. The molecule has 1 heterocycles. The summed E-state index contributed by atoms with van der Waals surface area (Å²) >= 11 is 0. The standard InChI is InChI=1S/C22H21N3O5/c1-14-12-20(27)25(21(23-14)15-8-10-16(29-2)11-9-15)13-19(26)24-18-7-5-4-6-17(18)22(28)30-3/h4-12H,13H2,1-3H3,(H,24,26). The van der Waals surface area contributed by atoms with Crippen LogP contribution in [0.25, 0.3) is 11.4 Å². The molecule has 1 aromatic heterocycles. The number of ether oxygens (including phenoxy) is 2. The number of nitrogens with one attached hydrogen (secondary N) is 1. The highest BCUT2D eigenvalue weighted by Gasteiger charge is 2.16. The van der Waals surface area contributed by atoms with Gasteiger partial charge in [-0.2, -0.15) is 0 Å². The molecule has 0 aliphatic heterocycles. The third-order valence-electron chi connectivity index (χ3n) is 4.39. The van der Waals surface area contributed by atoms with Crippen LogP contribution in [0.4, 0.5) is 5.69 Å². The zero-order chi connectivity index (χ0) is 21.7. The zero-order valence-corrected chi connectivity index (χ0v) is 16.8. The number of carbonyl (C=O) groups is 2. The van der Waals surface area contributed by atoms with Crippen molar-refractivity contribution in [3.05, 3.63) is 76.2 Å². The summed E-state index contributed by atoms with van der Waals surface area (Å²) in [5.74, 6) is -0.0237. The first-order valence-electron chi connectivity index (χ1n) is 9.13. The van der Waals surface area contributed by atoms with E-state index in [1.54, 1.807) is 62.6 Å². The number of hydrogen-bond acceptors (Lipinski definition) is 6. The van der Waals surface area contributed by atoms with Crippen LogP contribution in [0.15, 0.2) is 59.4 Å². The number of aromatic nitrogens is 2. The van der Waals surface area contributed by atoms with Gasteiger partial charge in [0, 0.05) is 17.3 Å². The third-order valence-corrected chi connectivity index (χ3v) is 4.39. The molecular weight excluding hydrogens is 386 g/mol. The van der Waals surface area contributed by atoms with Gasteiger partial charge in [0.25, 0.3) is 5.56 Å². The number of carbonyl (C=O) groups excluding carboxylic acids is 2. The molecule has 8 nitrogen and oxygen atoms in total. The Morgan fingerprint density at radius 2 is 1.77 bits per heavy atom. The number of esters is 1. The Morgan fingerprint density at radius 1 is 1.07 bits per heavy atom. The lowest BCUT2D eigenvalue weighted by molar-refractivity contribution is -0.116. The van der Waals surface area contributed by atoms with Crippen LogP contribution in [0, 0.1) is 6.92 Å². The summed E-state index contributed by atoms with van der Waals surface area (Å²) in [6.45, 7) is 1.44. The van der Waals surface area contributed by atoms with Crippen molar-refractivity contribution in [2.75, 3.05) is 19.5 Å². The van der Waals surface area contributed by atoms with E-state index in [-0.39, 0.29) is 17.7 Å². The third kappa shape index (κ3) is 4.54. The number of rotatable bonds is 6. The maximum Gasteiger partial charge on any atom is 0.339 e. The predicted octanol–water partition coefficient (Wildman–Crippen LogP) is 2.65. The molecule has 0 aliphatic carbocycles. The number of anilines is 1. The average Bonchev–Trinajstić information content (AvgIpc) is 2.75. The molecule has 0 atom stereocenters. The minimum absolute atomic E-state index is 0.220. The van der Waals surface area contributed by atoms with Gasteiger partial charge < -0.3 is 14.8 Å². The van der Waals surface area contributed by atoms with Gasteiger partial charge >= 0.3 is 5.97 Å². The SMILES string of the molecule is COC(=O)c1ccccc1NC(=O)Cn1c(-c2ccc(OC)cc2)nc(C)cc1=O. The fourth-order valence-corrected chi connectivity index (χ4v) is 2.95. The largest absolute Gasteiger partial charge is 0.497 e. The molecule has 0 radical (unpaired) electrons. The minimum atomic E-state index is -0.570. The lowest BCUT2D eigenvalue weighted by Crippen LogP contribution is -2.30. The lowest BCUT2D eigenvalue weighted by atomic mass is 10.1. The van der Waals surface area contributed by atoms with E-state index in [0.717, 1.165) is 0 Å². The van der Waals surface area contributed by atoms with Crippen LogP contribution in [-0.2, 0) is 16.1 Å². The maximum atomic E-state index is 12.7. The van der Waals surface area contributed by atoms with Crippen molar-refractivity contribution in [3.8, 4) is 17.1 Å². The Morgan fingerprint density at radius 3 is 2.43 bits per heavy atom. The normalized spacial score (nSPS) is 10.4. The number of hydrogen-bond donors (Lipinski definition) is 1. The molecule has 3 rings (SSSR count). The molecule has 0 aliphatic rings. The second-order valence-electron chi connectivity index (χ2n) is 6.46. The molecule has 30 heavy (non-hydrogen) atoms. The molecule has 2 aromatic carbocycles. The Hall–Kier alpha value is -3.94. The minimum Gasteiger partial charge on any atom is -0.497 e. The summed E-state index contributed by atoms with van der Waals surface area (Å²) in [6.07, 6.45) is 0. The van der Waals surface area contributed by atoms with Crippen LogP contribution in [-0.4, -0.2) is 35.6 Å². The van der Waals surface area contributed by atoms with Gasteiger partial charge in [-0.05, 0) is 43.3 Å². The molecule has 0 unspecified atom stereocenters. The molecule has 1 N–H and O–H groups in total. The van der Waals surface area contributed by atoms with Crippen molar-refractivity contribution in [2.24, 2.45) is 0 Å². The van der Waals surface area contributed by atoms with Crippen LogP contribution >= 0.6 is 0 Å². The quantitative estimate of drug-likeness (QED) is 0.631. The van der Waals surface area contributed by atoms with Gasteiger partial charge in [0.15, 0.2) is 0 Å². The van der Waals surface area contributed by atoms with Gasteiger partial charge in [0.2, 0.25) is 5.91 Å². The molecule has 154 valence electrons. The van der Waals surface area contributed by atoms with E-state index in [4.69, 9.17) is 9.47 Å². The van der Waals surface area contributed by atoms with E-state index >= 15 is 0 Å². The fourth-order valence-electron chi connectivity index (χ4n) is 2.95. The monoisotopic (exact) mass is 407 g/mol. The molecule has 0 fully saturated rings.